The lowest BCUT2D eigenvalue weighted by Crippen LogP contribution is -2.45. The van der Waals surface area contributed by atoms with Crippen LogP contribution in [0, 0.1) is 5.92 Å². The van der Waals surface area contributed by atoms with Crippen LogP contribution in [0.2, 0.25) is 0 Å². The van der Waals surface area contributed by atoms with Gasteiger partial charge in [-0.3, -0.25) is 0 Å². The Morgan fingerprint density at radius 2 is 2.12 bits per heavy atom. The van der Waals surface area contributed by atoms with Crippen LogP contribution >= 0.6 is 0 Å². The minimum absolute atomic E-state index is 0.785. The molecule has 3 nitrogen and oxygen atoms in total. The lowest BCUT2D eigenvalue weighted by molar-refractivity contribution is 0.125. The number of likely N-dealkylation sites (tertiary alicyclic amines) is 1. The maximum atomic E-state index is 3.52. The van der Waals surface area contributed by atoms with Crippen molar-refractivity contribution in [3.63, 3.8) is 0 Å². The first-order valence-electron chi connectivity index (χ1n) is 7.35. The predicted molar refractivity (Wildman–Crippen MR) is 73.4 cm³/mol. The van der Waals surface area contributed by atoms with Crippen LogP contribution in [0.5, 0.6) is 0 Å². The van der Waals surface area contributed by atoms with Crippen LogP contribution in [0.15, 0.2) is 0 Å². The molecule has 17 heavy (non-hydrogen) atoms. The Hall–Kier alpha value is -0.120. The maximum Gasteiger partial charge on any atom is 0.0217 e. The molecule has 1 N–H and O–H groups in total. The van der Waals surface area contributed by atoms with E-state index in [1.165, 1.54) is 64.8 Å². The average molecular weight is 239 g/mol. The minimum Gasteiger partial charge on any atom is -0.316 e. The lowest BCUT2D eigenvalue weighted by atomic mass is 9.95. The summed E-state index contributed by atoms with van der Waals surface area (Å²) in [4.78, 5) is 5.08. The van der Waals surface area contributed by atoms with E-state index in [-0.39, 0.29) is 0 Å². The Morgan fingerprint density at radius 3 is 2.82 bits per heavy atom. The number of rotatable bonds is 4. The minimum atomic E-state index is 0.785. The fourth-order valence-corrected chi connectivity index (χ4v) is 3.19. The Morgan fingerprint density at radius 1 is 1.24 bits per heavy atom. The number of nitrogens with zero attached hydrogens (tertiary/aromatic N) is 2. The highest BCUT2D eigenvalue weighted by molar-refractivity contribution is 4.79. The van der Waals surface area contributed by atoms with Crippen molar-refractivity contribution in [1.82, 2.24) is 15.1 Å². The van der Waals surface area contributed by atoms with Gasteiger partial charge in [0.15, 0.2) is 0 Å². The summed E-state index contributed by atoms with van der Waals surface area (Å²) in [7, 11) is 4.44. The summed E-state index contributed by atoms with van der Waals surface area (Å²) in [6.07, 6.45) is 6.98. The Balaban J connectivity index is 1.67. The van der Waals surface area contributed by atoms with E-state index < -0.39 is 0 Å². The number of hydrogen-bond donors (Lipinski definition) is 1. The van der Waals surface area contributed by atoms with Crippen molar-refractivity contribution in [2.75, 3.05) is 46.8 Å². The SMILES string of the molecule is CN(C)C1CCCN(CCC2CCCNC2)C1. The summed E-state index contributed by atoms with van der Waals surface area (Å²) in [5.41, 5.74) is 0. The first-order valence-corrected chi connectivity index (χ1v) is 7.35. The van der Waals surface area contributed by atoms with Crippen LogP contribution in [0.4, 0.5) is 0 Å². The van der Waals surface area contributed by atoms with Gasteiger partial charge in [0.25, 0.3) is 0 Å². The molecule has 2 saturated heterocycles. The summed E-state index contributed by atoms with van der Waals surface area (Å²) in [5, 5.41) is 3.52. The van der Waals surface area contributed by atoms with Gasteiger partial charge < -0.3 is 15.1 Å². The fraction of sp³-hybridized carbons (Fsp3) is 1.00. The van der Waals surface area contributed by atoms with Crippen LogP contribution in [0.3, 0.4) is 0 Å². The predicted octanol–water partition coefficient (Wildman–Crippen LogP) is 1.40. The van der Waals surface area contributed by atoms with Crippen molar-refractivity contribution >= 4 is 0 Å². The smallest absolute Gasteiger partial charge is 0.0217 e. The largest absolute Gasteiger partial charge is 0.316 e. The second kappa shape index (κ2) is 6.72. The van der Waals surface area contributed by atoms with Gasteiger partial charge in [-0.15, -0.1) is 0 Å². The van der Waals surface area contributed by atoms with Crippen molar-refractivity contribution in [3.8, 4) is 0 Å². The molecular formula is C14H29N3. The third-order valence-corrected chi connectivity index (χ3v) is 4.46. The first-order chi connectivity index (χ1) is 8.25. The zero-order valence-electron chi connectivity index (χ0n) is 11.6. The van der Waals surface area contributed by atoms with Crippen LogP contribution < -0.4 is 5.32 Å². The van der Waals surface area contributed by atoms with Crippen LogP contribution in [0.25, 0.3) is 0 Å². The van der Waals surface area contributed by atoms with E-state index in [4.69, 9.17) is 0 Å². The van der Waals surface area contributed by atoms with Gasteiger partial charge in [0, 0.05) is 12.6 Å². The van der Waals surface area contributed by atoms with Gasteiger partial charge >= 0.3 is 0 Å². The van der Waals surface area contributed by atoms with Crippen LogP contribution in [-0.4, -0.2) is 62.7 Å². The molecule has 0 aliphatic carbocycles. The molecule has 0 bridgehead atoms. The molecular weight excluding hydrogens is 210 g/mol. The molecule has 2 unspecified atom stereocenters. The molecule has 100 valence electrons. The second-order valence-corrected chi connectivity index (χ2v) is 6.06. The van der Waals surface area contributed by atoms with Crippen molar-refractivity contribution < 1.29 is 0 Å². The summed E-state index contributed by atoms with van der Waals surface area (Å²) in [6.45, 7) is 6.42. The summed E-state index contributed by atoms with van der Waals surface area (Å²) in [6, 6.07) is 0.785. The van der Waals surface area contributed by atoms with Gasteiger partial charge in [-0.25, -0.2) is 0 Å². The van der Waals surface area contributed by atoms with Crippen molar-refractivity contribution in [2.24, 2.45) is 5.92 Å². The molecule has 2 fully saturated rings. The van der Waals surface area contributed by atoms with Gasteiger partial charge in [0.2, 0.25) is 0 Å². The molecule has 0 aromatic carbocycles. The number of piperidine rings is 2. The molecule has 3 heteroatoms. The monoisotopic (exact) mass is 239 g/mol. The van der Waals surface area contributed by atoms with E-state index in [1.807, 2.05) is 0 Å². The molecule has 0 spiro atoms. The molecule has 0 aromatic rings. The van der Waals surface area contributed by atoms with E-state index in [0.717, 1.165) is 12.0 Å². The number of likely N-dealkylation sites (N-methyl/N-ethyl adjacent to an activating group) is 1. The second-order valence-electron chi connectivity index (χ2n) is 6.06. The molecule has 0 amide bonds. The quantitative estimate of drug-likeness (QED) is 0.800. The molecule has 0 aromatic heterocycles. The molecule has 2 heterocycles. The molecule has 2 aliphatic heterocycles. The van der Waals surface area contributed by atoms with E-state index in [9.17, 15) is 0 Å². The van der Waals surface area contributed by atoms with Crippen molar-refractivity contribution in [2.45, 2.75) is 38.1 Å². The zero-order valence-corrected chi connectivity index (χ0v) is 11.6. The van der Waals surface area contributed by atoms with Crippen molar-refractivity contribution in [3.05, 3.63) is 0 Å². The molecule has 2 rings (SSSR count). The van der Waals surface area contributed by atoms with Crippen LogP contribution in [0.1, 0.15) is 32.1 Å². The standard InChI is InChI=1S/C14H29N3/c1-16(2)14-6-4-9-17(12-14)10-7-13-5-3-8-15-11-13/h13-15H,3-12H2,1-2H3. The Bertz CT molecular complexity index is 212. The van der Waals surface area contributed by atoms with Gasteiger partial charge in [-0.2, -0.15) is 0 Å². The molecule has 0 radical (unpaired) electrons. The third kappa shape index (κ3) is 4.23. The summed E-state index contributed by atoms with van der Waals surface area (Å²) >= 11 is 0. The number of nitrogens with one attached hydrogen (secondary N) is 1. The average Bonchev–Trinajstić information content (AvgIpc) is 2.38. The topological polar surface area (TPSA) is 18.5 Å². The molecule has 0 saturated carbocycles. The van der Waals surface area contributed by atoms with Crippen LogP contribution in [-0.2, 0) is 0 Å². The molecule has 2 aliphatic rings. The van der Waals surface area contributed by atoms with E-state index in [2.05, 4.69) is 29.2 Å². The summed E-state index contributed by atoms with van der Waals surface area (Å²) in [5.74, 6) is 0.934. The first kappa shape index (κ1) is 13.3. The maximum absolute atomic E-state index is 3.52. The zero-order chi connectivity index (χ0) is 12.1. The van der Waals surface area contributed by atoms with E-state index in [0.29, 0.717) is 0 Å². The van der Waals surface area contributed by atoms with E-state index >= 15 is 0 Å². The van der Waals surface area contributed by atoms with Gasteiger partial charge in [0.1, 0.15) is 0 Å². The Kier molecular flexibility index (Phi) is 5.26. The third-order valence-electron chi connectivity index (χ3n) is 4.46. The normalized spacial score (nSPS) is 31.9. The van der Waals surface area contributed by atoms with E-state index in [1.54, 1.807) is 0 Å². The Labute approximate surface area is 107 Å². The fourth-order valence-electron chi connectivity index (χ4n) is 3.19. The van der Waals surface area contributed by atoms with Gasteiger partial charge in [0.05, 0.1) is 0 Å². The molecule has 2 atom stereocenters. The van der Waals surface area contributed by atoms with Gasteiger partial charge in [-0.05, 0) is 78.3 Å². The highest BCUT2D eigenvalue weighted by Gasteiger charge is 2.22. The lowest BCUT2D eigenvalue weighted by Gasteiger charge is -2.37. The highest BCUT2D eigenvalue weighted by Crippen LogP contribution is 2.18. The number of hydrogen-bond acceptors (Lipinski definition) is 3. The van der Waals surface area contributed by atoms with Crippen molar-refractivity contribution in [1.29, 1.82) is 0 Å². The highest BCUT2D eigenvalue weighted by atomic mass is 15.2. The van der Waals surface area contributed by atoms with Gasteiger partial charge in [-0.1, -0.05) is 0 Å². The summed E-state index contributed by atoms with van der Waals surface area (Å²) < 4.78 is 0.